The van der Waals surface area contributed by atoms with Gasteiger partial charge in [-0.15, -0.1) is 0 Å². The van der Waals surface area contributed by atoms with Crippen LogP contribution in [0.5, 0.6) is 5.75 Å². The van der Waals surface area contributed by atoms with Crippen molar-refractivity contribution >= 4 is 5.91 Å². The third kappa shape index (κ3) is 5.33. The van der Waals surface area contributed by atoms with Gasteiger partial charge in [0.2, 0.25) is 5.91 Å². The lowest BCUT2D eigenvalue weighted by molar-refractivity contribution is -0.122. The van der Waals surface area contributed by atoms with Gasteiger partial charge >= 0.3 is 0 Å². The molecule has 0 saturated heterocycles. The molecule has 2 aromatic carbocycles. The number of hydrogen-bond acceptors (Lipinski definition) is 4. The van der Waals surface area contributed by atoms with Crippen LogP contribution in [0.4, 0.5) is 4.39 Å². The number of aliphatic hydroxyl groups excluding tert-OH is 1. The Morgan fingerprint density at radius 1 is 1.25 bits per heavy atom. The van der Waals surface area contributed by atoms with Gasteiger partial charge in [0.15, 0.2) is 0 Å². The first-order valence-corrected chi connectivity index (χ1v) is 7.62. The minimum Gasteiger partial charge on any atom is -0.489 e. The summed E-state index contributed by atoms with van der Waals surface area (Å²) < 4.78 is 18.7. The van der Waals surface area contributed by atoms with Crippen LogP contribution in [0, 0.1) is 5.82 Å². The highest BCUT2D eigenvalue weighted by Gasteiger charge is 2.19. The number of ether oxygens (including phenoxy) is 1. The summed E-state index contributed by atoms with van der Waals surface area (Å²) in [5.74, 6) is -0.232. The monoisotopic (exact) mass is 332 g/mol. The number of carbonyl (C=O) groups excluding carboxylic acids is 1. The normalized spacial score (nSPS) is 13.3. The van der Waals surface area contributed by atoms with Crippen LogP contribution in [0.3, 0.4) is 0 Å². The molecule has 2 unspecified atom stereocenters. The molecule has 0 fully saturated rings. The average Bonchev–Trinajstić information content (AvgIpc) is 2.53. The quantitative estimate of drug-likeness (QED) is 0.687. The molecule has 128 valence electrons. The minimum atomic E-state index is -0.864. The second-order valence-electron chi connectivity index (χ2n) is 5.56. The van der Waals surface area contributed by atoms with Crippen LogP contribution >= 0.6 is 0 Å². The number of primary amides is 1. The van der Waals surface area contributed by atoms with Gasteiger partial charge < -0.3 is 15.6 Å². The van der Waals surface area contributed by atoms with Gasteiger partial charge in [-0.3, -0.25) is 10.1 Å². The van der Waals surface area contributed by atoms with E-state index in [1.165, 1.54) is 19.1 Å². The summed E-state index contributed by atoms with van der Waals surface area (Å²) >= 11 is 0. The summed E-state index contributed by atoms with van der Waals surface area (Å²) in [6, 6.07) is 12.7. The van der Waals surface area contributed by atoms with E-state index in [1.807, 2.05) is 12.1 Å². The van der Waals surface area contributed by atoms with Crippen LogP contribution in [0.15, 0.2) is 48.5 Å². The summed E-state index contributed by atoms with van der Waals surface area (Å²) in [6.45, 7) is 2.18. The summed E-state index contributed by atoms with van der Waals surface area (Å²) in [5.41, 5.74) is 6.89. The third-order valence-corrected chi connectivity index (χ3v) is 3.53. The van der Waals surface area contributed by atoms with E-state index in [9.17, 15) is 14.3 Å². The Hall–Kier alpha value is -2.44. The molecule has 2 atom stereocenters. The Morgan fingerprint density at radius 3 is 2.54 bits per heavy atom. The first-order valence-electron chi connectivity index (χ1n) is 7.62. The standard InChI is InChI=1S/C18H21FN2O3/c1-12(22)17(18(20)23)21-10-13-5-7-16(8-6-13)24-11-14-3-2-4-15(19)9-14/h2-9,12,17,21-22H,10-11H2,1H3,(H2,20,23). The Kier molecular flexibility index (Phi) is 6.28. The molecule has 4 N–H and O–H groups in total. The van der Waals surface area contributed by atoms with Crippen molar-refractivity contribution < 1.29 is 19.0 Å². The summed E-state index contributed by atoms with van der Waals surface area (Å²) in [7, 11) is 0. The second kappa shape index (κ2) is 8.42. The fourth-order valence-electron chi connectivity index (χ4n) is 2.23. The van der Waals surface area contributed by atoms with Gasteiger partial charge in [0.25, 0.3) is 0 Å². The van der Waals surface area contributed by atoms with Crippen LogP contribution in [0.1, 0.15) is 18.1 Å². The molecule has 0 aliphatic heterocycles. The van der Waals surface area contributed by atoms with E-state index in [1.54, 1.807) is 24.3 Å². The van der Waals surface area contributed by atoms with Gasteiger partial charge in [-0.2, -0.15) is 0 Å². The second-order valence-corrected chi connectivity index (χ2v) is 5.56. The molecular weight excluding hydrogens is 311 g/mol. The zero-order valence-electron chi connectivity index (χ0n) is 13.4. The van der Waals surface area contributed by atoms with Crippen LogP contribution in [-0.4, -0.2) is 23.2 Å². The van der Waals surface area contributed by atoms with E-state index in [2.05, 4.69) is 5.32 Å². The first kappa shape index (κ1) is 17.9. The molecule has 0 aromatic heterocycles. The summed E-state index contributed by atoms with van der Waals surface area (Å²) in [6.07, 6.45) is -0.864. The Morgan fingerprint density at radius 2 is 1.96 bits per heavy atom. The first-order chi connectivity index (χ1) is 11.5. The van der Waals surface area contributed by atoms with Crippen molar-refractivity contribution in [3.05, 3.63) is 65.5 Å². The highest BCUT2D eigenvalue weighted by atomic mass is 19.1. The number of rotatable bonds is 8. The smallest absolute Gasteiger partial charge is 0.237 e. The SMILES string of the molecule is CC(O)C(NCc1ccc(OCc2cccc(F)c2)cc1)C(N)=O. The fourth-order valence-corrected chi connectivity index (χ4v) is 2.23. The number of nitrogens with two attached hydrogens (primary N) is 1. The van der Waals surface area contributed by atoms with E-state index in [4.69, 9.17) is 10.5 Å². The molecule has 1 amide bonds. The van der Waals surface area contributed by atoms with Gasteiger partial charge in [0.05, 0.1) is 6.10 Å². The van der Waals surface area contributed by atoms with Crippen LogP contribution in [-0.2, 0) is 17.9 Å². The third-order valence-electron chi connectivity index (χ3n) is 3.53. The number of aliphatic hydroxyl groups is 1. The molecule has 0 radical (unpaired) electrons. The molecule has 2 rings (SSSR count). The Bertz CT molecular complexity index is 674. The van der Waals surface area contributed by atoms with Gasteiger partial charge in [-0.25, -0.2) is 4.39 Å². The molecule has 0 heterocycles. The molecule has 2 aromatic rings. The molecule has 24 heavy (non-hydrogen) atoms. The number of benzene rings is 2. The highest BCUT2D eigenvalue weighted by Crippen LogP contribution is 2.15. The molecule has 0 bridgehead atoms. The van der Waals surface area contributed by atoms with Crippen molar-refractivity contribution in [1.29, 1.82) is 0 Å². The van der Waals surface area contributed by atoms with Gasteiger partial charge in [-0.1, -0.05) is 24.3 Å². The zero-order valence-corrected chi connectivity index (χ0v) is 13.4. The molecule has 6 heteroatoms. The maximum atomic E-state index is 13.1. The Labute approximate surface area is 140 Å². The predicted molar refractivity (Wildman–Crippen MR) is 88.7 cm³/mol. The lowest BCUT2D eigenvalue weighted by atomic mass is 10.1. The topological polar surface area (TPSA) is 84.6 Å². The molecule has 5 nitrogen and oxygen atoms in total. The lowest BCUT2D eigenvalue weighted by Crippen LogP contribution is -2.47. The van der Waals surface area contributed by atoms with E-state index in [0.29, 0.717) is 12.3 Å². The molecule has 0 aliphatic rings. The Balaban J connectivity index is 1.87. The van der Waals surface area contributed by atoms with Crippen molar-refractivity contribution in [2.45, 2.75) is 32.2 Å². The van der Waals surface area contributed by atoms with E-state index in [0.717, 1.165) is 11.1 Å². The maximum Gasteiger partial charge on any atom is 0.237 e. The van der Waals surface area contributed by atoms with Crippen LogP contribution in [0.25, 0.3) is 0 Å². The lowest BCUT2D eigenvalue weighted by Gasteiger charge is -2.18. The maximum absolute atomic E-state index is 13.1. The van der Waals surface area contributed by atoms with Crippen molar-refractivity contribution in [3.63, 3.8) is 0 Å². The summed E-state index contributed by atoms with van der Waals surface area (Å²) in [5, 5.41) is 12.4. The highest BCUT2D eigenvalue weighted by molar-refractivity contribution is 5.80. The van der Waals surface area contributed by atoms with E-state index >= 15 is 0 Å². The molecule has 0 spiro atoms. The zero-order chi connectivity index (χ0) is 17.5. The summed E-state index contributed by atoms with van der Waals surface area (Å²) in [4.78, 5) is 11.2. The van der Waals surface area contributed by atoms with Crippen molar-refractivity contribution in [1.82, 2.24) is 5.32 Å². The van der Waals surface area contributed by atoms with Crippen molar-refractivity contribution in [3.8, 4) is 5.75 Å². The van der Waals surface area contributed by atoms with Gasteiger partial charge in [0.1, 0.15) is 24.2 Å². The van der Waals surface area contributed by atoms with Crippen LogP contribution < -0.4 is 15.8 Å². The molecule has 0 saturated carbocycles. The predicted octanol–water partition coefficient (Wildman–Crippen LogP) is 1.73. The molecule has 0 aliphatic carbocycles. The fraction of sp³-hybridized carbons (Fsp3) is 0.278. The average molecular weight is 332 g/mol. The number of carbonyl (C=O) groups is 1. The number of nitrogens with one attached hydrogen (secondary N) is 1. The van der Waals surface area contributed by atoms with Crippen molar-refractivity contribution in [2.24, 2.45) is 5.73 Å². The minimum absolute atomic E-state index is 0.279. The van der Waals surface area contributed by atoms with Crippen molar-refractivity contribution in [2.75, 3.05) is 0 Å². The van der Waals surface area contributed by atoms with Gasteiger partial charge in [0, 0.05) is 6.54 Å². The molecular formula is C18H21FN2O3. The van der Waals surface area contributed by atoms with E-state index < -0.39 is 18.1 Å². The number of hydrogen-bond donors (Lipinski definition) is 3. The number of halogens is 1. The van der Waals surface area contributed by atoms with Crippen LogP contribution in [0.2, 0.25) is 0 Å². The largest absolute Gasteiger partial charge is 0.489 e. The van der Waals surface area contributed by atoms with Gasteiger partial charge in [-0.05, 0) is 42.3 Å². The van der Waals surface area contributed by atoms with E-state index in [-0.39, 0.29) is 12.4 Å². The number of amides is 1.